The van der Waals surface area contributed by atoms with Crippen LogP contribution in [0.2, 0.25) is 0 Å². The van der Waals surface area contributed by atoms with Crippen LogP contribution in [-0.4, -0.2) is 5.11 Å². The van der Waals surface area contributed by atoms with Crippen LogP contribution in [0.3, 0.4) is 0 Å². The van der Waals surface area contributed by atoms with Crippen LogP contribution in [0.15, 0.2) is 24.3 Å². The van der Waals surface area contributed by atoms with Gasteiger partial charge in [-0.2, -0.15) is 0 Å². The number of halogens is 2. The summed E-state index contributed by atoms with van der Waals surface area (Å²) in [5, 5.41) is 9.45. The van der Waals surface area contributed by atoms with Crippen LogP contribution in [-0.2, 0) is 22.4 Å². The third kappa shape index (κ3) is 7.24. The molecule has 0 unspecified atom stereocenters. The van der Waals surface area contributed by atoms with Gasteiger partial charge in [0.2, 0.25) is 0 Å². The van der Waals surface area contributed by atoms with Gasteiger partial charge >= 0.3 is 35.6 Å². The molecule has 0 bridgehead atoms. The second-order valence-corrected chi connectivity index (χ2v) is 6.42. The summed E-state index contributed by atoms with van der Waals surface area (Å²) in [5.74, 6) is 0.389. The SMILES string of the molecule is CC(C)(C)c1ccccc1O.[CH3-].[Cl][Ti][Cl]. The first-order valence-corrected chi connectivity index (χ1v) is 8.48. The fourth-order valence-electron chi connectivity index (χ4n) is 1.11. The molecular formula is C11H17Cl2OTi-. The van der Waals surface area contributed by atoms with E-state index in [0.717, 1.165) is 5.56 Å². The number of hydrogen-bond donors (Lipinski definition) is 1. The predicted molar refractivity (Wildman–Crippen MR) is 64.9 cm³/mol. The van der Waals surface area contributed by atoms with Gasteiger partial charge < -0.3 is 12.5 Å². The molecule has 1 aromatic carbocycles. The van der Waals surface area contributed by atoms with Gasteiger partial charge in [-0.25, -0.2) is 0 Å². The summed E-state index contributed by atoms with van der Waals surface area (Å²) in [7, 11) is 9.78. The fraction of sp³-hybridized carbons (Fsp3) is 0.364. The molecule has 1 N–H and O–H groups in total. The first-order valence-electron chi connectivity index (χ1n) is 4.18. The van der Waals surface area contributed by atoms with Gasteiger partial charge in [-0.15, -0.1) is 0 Å². The number of phenolic OH excluding ortho intramolecular Hbond substituents is 1. The summed E-state index contributed by atoms with van der Waals surface area (Å²) in [6, 6.07) is 7.46. The second kappa shape index (κ2) is 8.46. The standard InChI is InChI=1S/C10H14O.CH3.2ClH.Ti/c1-10(2,3)8-6-4-5-7-9(8)11;;;;/h4-7,11H,1-3H3;1H3;2*1H;/q;-1;;;+2/p-2. The first kappa shape index (κ1) is 17.7. The summed E-state index contributed by atoms with van der Waals surface area (Å²) in [6.07, 6.45) is 0. The van der Waals surface area contributed by atoms with Gasteiger partial charge in [0, 0.05) is 0 Å². The molecule has 0 aliphatic rings. The van der Waals surface area contributed by atoms with Crippen molar-refractivity contribution in [1.29, 1.82) is 0 Å². The Labute approximate surface area is 109 Å². The quantitative estimate of drug-likeness (QED) is 0.548. The van der Waals surface area contributed by atoms with Gasteiger partial charge in [0.1, 0.15) is 5.75 Å². The van der Waals surface area contributed by atoms with Crippen LogP contribution >= 0.6 is 18.6 Å². The van der Waals surface area contributed by atoms with Crippen molar-refractivity contribution in [2.24, 2.45) is 0 Å². The van der Waals surface area contributed by atoms with Crippen LogP contribution in [0.5, 0.6) is 5.75 Å². The van der Waals surface area contributed by atoms with Gasteiger partial charge in [-0.3, -0.25) is 0 Å². The zero-order valence-electron chi connectivity index (χ0n) is 9.51. The molecule has 0 fully saturated rings. The predicted octanol–water partition coefficient (Wildman–Crippen LogP) is 4.52. The van der Waals surface area contributed by atoms with Crippen molar-refractivity contribution >= 4 is 18.6 Å². The molecule has 0 amide bonds. The first-order chi connectivity index (χ1) is 6.43. The molecule has 1 nitrogen and oxygen atoms in total. The van der Waals surface area contributed by atoms with Crippen LogP contribution in [0.25, 0.3) is 0 Å². The van der Waals surface area contributed by atoms with Gasteiger partial charge in [-0.1, -0.05) is 39.0 Å². The monoisotopic (exact) mass is 283 g/mol. The number of benzene rings is 1. The molecular weight excluding hydrogens is 267 g/mol. The van der Waals surface area contributed by atoms with Crippen LogP contribution in [0.1, 0.15) is 26.3 Å². The molecule has 0 spiro atoms. The molecule has 0 aliphatic heterocycles. The Hall–Kier alpha value is 0.314. The van der Waals surface area contributed by atoms with Crippen molar-refractivity contribution < 1.29 is 22.1 Å². The third-order valence-corrected chi connectivity index (χ3v) is 1.71. The molecule has 4 heteroatoms. The van der Waals surface area contributed by atoms with Crippen LogP contribution < -0.4 is 0 Å². The Morgan fingerprint density at radius 2 is 1.53 bits per heavy atom. The van der Waals surface area contributed by atoms with Crippen molar-refractivity contribution in [2.75, 3.05) is 0 Å². The topological polar surface area (TPSA) is 20.2 Å². The zero-order chi connectivity index (χ0) is 11.2. The molecule has 0 saturated carbocycles. The number of hydrogen-bond acceptors (Lipinski definition) is 1. The molecule has 1 aromatic rings. The molecule has 0 aliphatic carbocycles. The minimum absolute atomic E-state index is 0. The summed E-state index contributed by atoms with van der Waals surface area (Å²) < 4.78 is 0. The fourth-order valence-corrected chi connectivity index (χ4v) is 1.11. The van der Waals surface area contributed by atoms with Crippen LogP contribution in [0.4, 0.5) is 0 Å². The van der Waals surface area contributed by atoms with E-state index in [0.29, 0.717) is 5.75 Å². The Morgan fingerprint density at radius 1 is 1.13 bits per heavy atom. The number of phenols is 1. The number of aromatic hydroxyl groups is 1. The molecule has 1 rings (SSSR count). The van der Waals surface area contributed by atoms with Crippen molar-refractivity contribution in [3.05, 3.63) is 37.3 Å². The molecule has 0 saturated heterocycles. The van der Waals surface area contributed by atoms with Crippen LogP contribution in [0, 0.1) is 7.43 Å². The van der Waals surface area contributed by atoms with Crippen molar-refractivity contribution in [1.82, 2.24) is 0 Å². The normalized spacial score (nSPS) is 9.40. The van der Waals surface area contributed by atoms with E-state index < -0.39 is 17.0 Å². The Balaban J connectivity index is 0. The molecule has 86 valence electrons. The van der Waals surface area contributed by atoms with E-state index in [2.05, 4.69) is 20.8 Å². The maximum atomic E-state index is 9.45. The number of para-hydroxylation sites is 1. The maximum absolute atomic E-state index is 9.45. The second-order valence-electron chi connectivity index (χ2n) is 3.84. The van der Waals surface area contributed by atoms with E-state index in [-0.39, 0.29) is 12.8 Å². The summed E-state index contributed by atoms with van der Waals surface area (Å²) in [5.41, 5.74) is 1.03. The average molecular weight is 284 g/mol. The van der Waals surface area contributed by atoms with E-state index >= 15 is 0 Å². The van der Waals surface area contributed by atoms with Crippen molar-refractivity contribution in [2.45, 2.75) is 26.2 Å². The van der Waals surface area contributed by atoms with E-state index in [1.165, 1.54) is 0 Å². The van der Waals surface area contributed by atoms with Gasteiger partial charge in [0.15, 0.2) is 0 Å². The Bertz CT molecular complexity index is 272. The van der Waals surface area contributed by atoms with Gasteiger partial charge in [0.25, 0.3) is 0 Å². The van der Waals surface area contributed by atoms with E-state index in [4.69, 9.17) is 18.6 Å². The number of rotatable bonds is 0. The third-order valence-electron chi connectivity index (χ3n) is 1.71. The molecule has 0 radical (unpaired) electrons. The Kier molecular flexibility index (Phi) is 9.99. The van der Waals surface area contributed by atoms with E-state index in [9.17, 15) is 5.11 Å². The van der Waals surface area contributed by atoms with Crippen molar-refractivity contribution in [3.63, 3.8) is 0 Å². The Morgan fingerprint density at radius 3 is 1.80 bits per heavy atom. The average Bonchev–Trinajstić information content (AvgIpc) is 2.04. The van der Waals surface area contributed by atoms with Gasteiger partial charge in [-0.05, 0) is 17.0 Å². The summed E-state index contributed by atoms with van der Waals surface area (Å²) >= 11 is -0.556. The molecule has 0 aromatic heterocycles. The minimum atomic E-state index is -0.556. The van der Waals surface area contributed by atoms with Crippen molar-refractivity contribution in [3.8, 4) is 5.75 Å². The molecule has 0 atom stereocenters. The van der Waals surface area contributed by atoms with Gasteiger partial charge in [0.05, 0.1) is 0 Å². The summed E-state index contributed by atoms with van der Waals surface area (Å²) in [4.78, 5) is 0. The van der Waals surface area contributed by atoms with E-state index in [1.807, 2.05) is 18.2 Å². The summed E-state index contributed by atoms with van der Waals surface area (Å²) in [6.45, 7) is 6.26. The molecule has 0 heterocycles. The zero-order valence-corrected chi connectivity index (χ0v) is 12.6. The molecule has 15 heavy (non-hydrogen) atoms. The van der Waals surface area contributed by atoms with E-state index in [1.54, 1.807) is 6.07 Å².